The van der Waals surface area contributed by atoms with Crippen molar-refractivity contribution in [3.63, 3.8) is 0 Å². The van der Waals surface area contributed by atoms with Gasteiger partial charge in [0, 0.05) is 49.7 Å². The van der Waals surface area contributed by atoms with E-state index in [-0.39, 0.29) is 12.6 Å². The fourth-order valence-electron chi connectivity index (χ4n) is 5.30. The summed E-state index contributed by atoms with van der Waals surface area (Å²) in [6, 6.07) is 18.9. The molecule has 9 nitrogen and oxygen atoms in total. The van der Waals surface area contributed by atoms with E-state index in [9.17, 15) is 9.59 Å². The summed E-state index contributed by atoms with van der Waals surface area (Å²) in [6.45, 7) is 10.8. The largest absolute Gasteiger partial charge is 0.510 e. The molecular weight excluding hydrogens is 520 g/mol. The molecule has 3 heterocycles. The van der Waals surface area contributed by atoms with Crippen LogP contribution in [-0.2, 0) is 20.7 Å². The van der Waals surface area contributed by atoms with Crippen molar-refractivity contribution in [2.24, 2.45) is 0 Å². The van der Waals surface area contributed by atoms with Gasteiger partial charge >= 0.3 is 6.16 Å². The van der Waals surface area contributed by atoms with E-state index in [0.717, 1.165) is 51.1 Å². The van der Waals surface area contributed by atoms with Gasteiger partial charge in [0.15, 0.2) is 6.73 Å². The summed E-state index contributed by atoms with van der Waals surface area (Å²) >= 11 is 0. The Labute approximate surface area is 242 Å². The van der Waals surface area contributed by atoms with Gasteiger partial charge in [0.05, 0.1) is 6.61 Å². The molecule has 2 aliphatic rings. The summed E-state index contributed by atoms with van der Waals surface area (Å²) in [6.07, 6.45) is 2.06. The minimum atomic E-state index is -0.820. The van der Waals surface area contributed by atoms with Crippen LogP contribution < -0.4 is 14.5 Å². The van der Waals surface area contributed by atoms with Gasteiger partial charge in [0.1, 0.15) is 11.4 Å². The first-order chi connectivity index (χ1) is 19.8. The molecule has 2 aliphatic heterocycles. The molecule has 2 aromatic carbocycles. The van der Waals surface area contributed by atoms with E-state index in [1.54, 1.807) is 20.8 Å². The second kappa shape index (κ2) is 12.8. The minimum Gasteiger partial charge on any atom is -0.478 e. The van der Waals surface area contributed by atoms with Crippen LogP contribution in [0.2, 0.25) is 0 Å². The van der Waals surface area contributed by atoms with Crippen molar-refractivity contribution in [2.45, 2.75) is 52.1 Å². The Morgan fingerprint density at radius 3 is 2.51 bits per heavy atom. The molecule has 3 aromatic rings. The molecule has 1 fully saturated rings. The molecule has 0 unspecified atom stereocenters. The molecule has 0 saturated carbocycles. The highest BCUT2D eigenvalue weighted by Gasteiger charge is 2.28. The second-order valence-corrected chi connectivity index (χ2v) is 11.6. The van der Waals surface area contributed by atoms with E-state index in [1.165, 1.54) is 21.4 Å². The normalized spacial score (nSPS) is 16.0. The van der Waals surface area contributed by atoms with Crippen molar-refractivity contribution in [2.75, 3.05) is 55.9 Å². The van der Waals surface area contributed by atoms with E-state index in [2.05, 4.69) is 57.2 Å². The number of piperazine rings is 1. The number of carbonyl (C=O) groups is 2. The summed E-state index contributed by atoms with van der Waals surface area (Å²) < 4.78 is 16.3. The molecule has 1 aromatic heterocycles. The molecule has 0 spiro atoms. The van der Waals surface area contributed by atoms with Crippen LogP contribution in [0, 0.1) is 0 Å². The number of anilines is 2. The zero-order valence-electron chi connectivity index (χ0n) is 24.3. The van der Waals surface area contributed by atoms with Crippen LogP contribution in [0.5, 0.6) is 5.88 Å². The molecule has 218 valence electrons. The lowest BCUT2D eigenvalue weighted by Gasteiger charge is -2.36. The number of ether oxygens (including phenoxy) is 3. The minimum absolute atomic E-state index is 0.147. The van der Waals surface area contributed by atoms with Gasteiger partial charge in [-0.25, -0.2) is 4.79 Å². The number of nitrogens with zero attached hydrogens (tertiary/aromatic N) is 4. The van der Waals surface area contributed by atoms with E-state index >= 15 is 0 Å². The molecule has 0 bridgehead atoms. The Bertz CT molecular complexity index is 1360. The third kappa shape index (κ3) is 7.47. The number of fused-ring (bicyclic) bond motifs is 2. The maximum absolute atomic E-state index is 12.6. The van der Waals surface area contributed by atoms with Crippen LogP contribution in [0.1, 0.15) is 45.6 Å². The molecule has 5 rings (SSSR count). The SMILES string of the molecule is CC(C)(C)OC(=O)OCN1C(=O)CCc2ccc(OCCCCN3CCN(c4cccc5ccccc45)CC3)nc21. The van der Waals surface area contributed by atoms with Crippen molar-refractivity contribution in [3.8, 4) is 5.88 Å². The van der Waals surface area contributed by atoms with Crippen LogP contribution in [0.3, 0.4) is 0 Å². The number of rotatable bonds is 9. The van der Waals surface area contributed by atoms with Crippen molar-refractivity contribution in [3.05, 3.63) is 60.2 Å². The smallest absolute Gasteiger partial charge is 0.478 e. The number of hydrogen-bond acceptors (Lipinski definition) is 8. The maximum Gasteiger partial charge on any atom is 0.510 e. The fourth-order valence-corrected chi connectivity index (χ4v) is 5.30. The van der Waals surface area contributed by atoms with Gasteiger partial charge in [-0.3, -0.25) is 14.6 Å². The molecule has 9 heteroatoms. The lowest BCUT2D eigenvalue weighted by Crippen LogP contribution is -2.46. The second-order valence-electron chi connectivity index (χ2n) is 11.6. The maximum atomic E-state index is 12.6. The van der Waals surface area contributed by atoms with Gasteiger partial charge in [-0.05, 0) is 69.7 Å². The summed E-state index contributed by atoms with van der Waals surface area (Å²) in [5.41, 5.74) is 1.57. The monoisotopic (exact) mass is 560 g/mol. The molecular formula is C32H40N4O5. The summed E-state index contributed by atoms with van der Waals surface area (Å²) in [5.74, 6) is 0.794. The first kappa shape index (κ1) is 28.7. The number of carbonyl (C=O) groups excluding carboxylic acids is 2. The standard InChI is InChI=1S/C32H40N4O5/c1-32(2,3)41-31(38)40-23-36-29(37)16-14-25-13-15-28(33-30(25)36)39-22-7-6-17-34-18-20-35(21-19-34)27-12-8-10-24-9-4-5-11-26(24)27/h4-5,8-13,15H,6-7,14,16-23H2,1-3H3. The van der Waals surface area contributed by atoms with Crippen LogP contribution in [0.4, 0.5) is 16.3 Å². The van der Waals surface area contributed by atoms with Crippen LogP contribution >= 0.6 is 0 Å². The Morgan fingerprint density at radius 2 is 1.71 bits per heavy atom. The number of benzene rings is 2. The van der Waals surface area contributed by atoms with Gasteiger partial charge < -0.3 is 19.1 Å². The molecule has 41 heavy (non-hydrogen) atoms. The summed E-state index contributed by atoms with van der Waals surface area (Å²) in [5, 5.41) is 2.61. The number of amides is 1. The lowest BCUT2D eigenvalue weighted by molar-refractivity contribution is -0.120. The first-order valence-corrected chi connectivity index (χ1v) is 14.5. The molecule has 0 aliphatic carbocycles. The Balaban J connectivity index is 1.06. The van der Waals surface area contributed by atoms with Gasteiger partial charge in [0.25, 0.3) is 0 Å². The predicted octanol–water partition coefficient (Wildman–Crippen LogP) is 5.40. The van der Waals surface area contributed by atoms with Crippen LogP contribution in [0.25, 0.3) is 10.8 Å². The van der Waals surface area contributed by atoms with Crippen molar-refractivity contribution < 1.29 is 23.8 Å². The lowest BCUT2D eigenvalue weighted by atomic mass is 10.1. The predicted molar refractivity (Wildman–Crippen MR) is 160 cm³/mol. The van der Waals surface area contributed by atoms with Gasteiger partial charge in [-0.15, -0.1) is 0 Å². The average Bonchev–Trinajstić information content (AvgIpc) is 2.95. The number of pyridine rings is 1. The van der Waals surface area contributed by atoms with Gasteiger partial charge in [-0.2, -0.15) is 4.98 Å². The van der Waals surface area contributed by atoms with Crippen molar-refractivity contribution in [1.82, 2.24) is 9.88 Å². The molecule has 0 N–H and O–H groups in total. The van der Waals surface area contributed by atoms with E-state index in [1.807, 2.05) is 12.1 Å². The van der Waals surface area contributed by atoms with Gasteiger partial charge in [0.2, 0.25) is 11.8 Å². The topological polar surface area (TPSA) is 84.4 Å². The zero-order chi connectivity index (χ0) is 28.8. The van der Waals surface area contributed by atoms with Gasteiger partial charge in [-0.1, -0.05) is 36.4 Å². The zero-order valence-corrected chi connectivity index (χ0v) is 24.3. The highest BCUT2D eigenvalue weighted by atomic mass is 16.7. The van der Waals surface area contributed by atoms with Crippen molar-refractivity contribution >= 4 is 34.3 Å². The van der Waals surface area contributed by atoms with Crippen molar-refractivity contribution in [1.29, 1.82) is 0 Å². The van der Waals surface area contributed by atoms with E-state index < -0.39 is 11.8 Å². The Morgan fingerprint density at radius 1 is 0.927 bits per heavy atom. The Kier molecular flexibility index (Phi) is 8.93. The molecule has 0 atom stereocenters. The van der Waals surface area contributed by atoms with Crippen LogP contribution in [0.15, 0.2) is 54.6 Å². The highest BCUT2D eigenvalue weighted by molar-refractivity contribution is 5.95. The molecule has 1 saturated heterocycles. The number of aryl methyl sites for hydroxylation is 1. The average molecular weight is 561 g/mol. The third-order valence-electron chi connectivity index (χ3n) is 7.39. The highest BCUT2D eigenvalue weighted by Crippen LogP contribution is 2.29. The number of hydrogen-bond donors (Lipinski definition) is 0. The van der Waals surface area contributed by atoms with Crippen LogP contribution in [-0.4, -0.2) is 73.6 Å². The number of aromatic nitrogens is 1. The van der Waals surface area contributed by atoms with E-state index in [4.69, 9.17) is 14.2 Å². The molecule has 0 radical (unpaired) electrons. The quantitative estimate of drug-likeness (QED) is 0.254. The fraction of sp³-hybridized carbons (Fsp3) is 0.469. The third-order valence-corrected chi connectivity index (χ3v) is 7.39. The first-order valence-electron chi connectivity index (χ1n) is 14.5. The Hall–Kier alpha value is -3.85. The summed E-state index contributed by atoms with van der Waals surface area (Å²) in [7, 11) is 0. The number of unbranched alkanes of at least 4 members (excludes halogenated alkanes) is 1. The summed E-state index contributed by atoms with van der Waals surface area (Å²) in [4.78, 5) is 35.6. The van der Waals surface area contributed by atoms with E-state index in [0.29, 0.717) is 31.1 Å². The molecule has 1 amide bonds.